The minimum absolute atomic E-state index is 0.279. The second kappa shape index (κ2) is 8.03. The molecule has 1 spiro atoms. The van der Waals surface area contributed by atoms with Crippen molar-refractivity contribution in [2.75, 3.05) is 33.3 Å². The maximum atomic E-state index is 12.7. The molecule has 0 aliphatic carbocycles. The lowest BCUT2D eigenvalue weighted by molar-refractivity contribution is -0.130. The van der Waals surface area contributed by atoms with Gasteiger partial charge in [-0.15, -0.1) is 0 Å². The van der Waals surface area contributed by atoms with Gasteiger partial charge in [0.1, 0.15) is 5.75 Å². The summed E-state index contributed by atoms with van der Waals surface area (Å²) in [5, 5.41) is 4.13. The van der Waals surface area contributed by atoms with Crippen LogP contribution in [-0.4, -0.2) is 49.0 Å². The van der Waals surface area contributed by atoms with Crippen molar-refractivity contribution in [3.05, 3.63) is 52.2 Å². The Morgan fingerprint density at radius 3 is 2.93 bits per heavy atom. The molecule has 1 unspecified atom stereocenters. The fourth-order valence-corrected chi connectivity index (χ4v) is 5.30. The third-order valence-electron chi connectivity index (χ3n) is 6.01. The van der Waals surface area contributed by atoms with E-state index in [0.29, 0.717) is 6.42 Å². The summed E-state index contributed by atoms with van der Waals surface area (Å²) in [4.78, 5) is 17.3. The average Bonchev–Trinajstić information content (AvgIpc) is 3.32. The predicted molar refractivity (Wildman–Crippen MR) is 109 cm³/mol. The number of carbonyl (C=O) groups is 1. The number of amides is 1. The van der Waals surface area contributed by atoms with E-state index in [1.165, 1.54) is 18.4 Å². The van der Waals surface area contributed by atoms with Crippen molar-refractivity contribution in [3.8, 4) is 5.75 Å². The molecule has 144 valence electrons. The number of benzene rings is 1. The Labute approximate surface area is 165 Å². The van der Waals surface area contributed by atoms with E-state index in [1.807, 2.05) is 11.4 Å². The molecule has 2 aromatic rings. The van der Waals surface area contributed by atoms with E-state index >= 15 is 0 Å². The highest BCUT2D eigenvalue weighted by atomic mass is 32.1. The van der Waals surface area contributed by atoms with Gasteiger partial charge >= 0.3 is 0 Å². The van der Waals surface area contributed by atoms with Gasteiger partial charge in [0.15, 0.2) is 0 Å². The smallest absolute Gasteiger partial charge is 0.227 e. The maximum Gasteiger partial charge on any atom is 0.227 e. The summed E-state index contributed by atoms with van der Waals surface area (Å²) in [5.41, 5.74) is 2.73. The van der Waals surface area contributed by atoms with E-state index in [1.54, 1.807) is 18.4 Å². The van der Waals surface area contributed by atoms with Crippen molar-refractivity contribution in [1.82, 2.24) is 9.80 Å². The van der Waals surface area contributed by atoms with Gasteiger partial charge in [-0.2, -0.15) is 11.3 Å². The number of methoxy groups -OCH3 is 1. The first kappa shape index (κ1) is 18.5. The summed E-state index contributed by atoms with van der Waals surface area (Å²) in [6.07, 6.45) is 4.14. The first-order valence-electron chi connectivity index (χ1n) is 9.80. The number of carbonyl (C=O) groups excluding carboxylic acids is 1. The minimum atomic E-state index is 0.279. The van der Waals surface area contributed by atoms with Crippen molar-refractivity contribution in [3.63, 3.8) is 0 Å². The lowest BCUT2D eigenvalue weighted by Gasteiger charge is -2.40. The third kappa shape index (κ3) is 4.36. The summed E-state index contributed by atoms with van der Waals surface area (Å²) >= 11 is 1.66. The van der Waals surface area contributed by atoms with Gasteiger partial charge in [-0.25, -0.2) is 0 Å². The normalized spacial score (nSPS) is 23.1. The Hall–Kier alpha value is -1.85. The molecule has 1 aromatic carbocycles. The zero-order valence-corrected chi connectivity index (χ0v) is 16.8. The molecule has 0 bridgehead atoms. The quantitative estimate of drug-likeness (QED) is 0.786. The summed E-state index contributed by atoms with van der Waals surface area (Å²) in [7, 11) is 1.72. The highest BCUT2D eigenvalue weighted by Gasteiger charge is 2.42. The van der Waals surface area contributed by atoms with Gasteiger partial charge in [0, 0.05) is 31.6 Å². The second-order valence-corrected chi connectivity index (χ2v) is 8.82. The van der Waals surface area contributed by atoms with Crippen LogP contribution in [0.2, 0.25) is 0 Å². The molecule has 0 saturated carbocycles. The fourth-order valence-electron chi connectivity index (χ4n) is 4.63. The molecular weight excluding hydrogens is 356 g/mol. The Kier molecular flexibility index (Phi) is 5.50. The highest BCUT2D eigenvalue weighted by Crippen LogP contribution is 2.39. The molecule has 2 aliphatic heterocycles. The summed E-state index contributed by atoms with van der Waals surface area (Å²) in [6.45, 7) is 5.02. The second-order valence-electron chi connectivity index (χ2n) is 8.04. The zero-order chi connectivity index (χ0) is 18.7. The molecule has 5 heteroatoms. The predicted octanol–water partition coefficient (Wildman–Crippen LogP) is 3.81. The van der Waals surface area contributed by atoms with Crippen LogP contribution >= 0.6 is 11.3 Å². The molecule has 2 aliphatic rings. The average molecular weight is 385 g/mol. The SMILES string of the molecule is COc1cccc(CN2CCCC3(CCN(C(=O)Cc4ccsc4)C3)C2)c1. The van der Waals surface area contributed by atoms with Gasteiger partial charge in [-0.3, -0.25) is 9.69 Å². The highest BCUT2D eigenvalue weighted by molar-refractivity contribution is 7.08. The number of nitrogens with zero attached hydrogens (tertiary/aromatic N) is 2. The molecule has 4 nitrogen and oxygen atoms in total. The number of thiophene rings is 1. The third-order valence-corrected chi connectivity index (χ3v) is 6.74. The standard InChI is InChI=1S/C22H28N2O2S/c1-26-20-5-2-4-18(12-20)14-23-9-3-7-22(16-23)8-10-24(17-22)21(25)13-19-6-11-27-15-19/h2,4-6,11-12,15H,3,7-10,13-14,16-17H2,1H3. The van der Waals surface area contributed by atoms with Crippen LogP contribution in [-0.2, 0) is 17.8 Å². The van der Waals surface area contributed by atoms with Gasteiger partial charge in [0.05, 0.1) is 13.5 Å². The topological polar surface area (TPSA) is 32.8 Å². The van der Waals surface area contributed by atoms with Crippen LogP contribution in [0.5, 0.6) is 5.75 Å². The van der Waals surface area contributed by atoms with Crippen LogP contribution in [0.3, 0.4) is 0 Å². The molecule has 1 aromatic heterocycles. The Morgan fingerprint density at radius 1 is 1.19 bits per heavy atom. The monoisotopic (exact) mass is 384 g/mol. The van der Waals surface area contributed by atoms with Gasteiger partial charge in [-0.1, -0.05) is 12.1 Å². The Bertz CT molecular complexity index is 776. The van der Waals surface area contributed by atoms with Crippen molar-refractivity contribution in [2.45, 2.75) is 32.2 Å². The number of hydrogen-bond acceptors (Lipinski definition) is 4. The van der Waals surface area contributed by atoms with E-state index in [-0.39, 0.29) is 11.3 Å². The summed E-state index contributed by atoms with van der Waals surface area (Å²) < 4.78 is 5.36. The fraction of sp³-hybridized carbons (Fsp3) is 0.500. The molecule has 0 N–H and O–H groups in total. The molecule has 2 saturated heterocycles. The maximum absolute atomic E-state index is 12.7. The first-order chi connectivity index (χ1) is 13.2. The Morgan fingerprint density at radius 2 is 2.11 bits per heavy atom. The van der Waals surface area contributed by atoms with E-state index in [2.05, 4.69) is 39.4 Å². The molecule has 0 radical (unpaired) electrons. The lowest BCUT2D eigenvalue weighted by Crippen LogP contribution is -2.45. The van der Waals surface area contributed by atoms with E-state index in [4.69, 9.17) is 4.74 Å². The van der Waals surface area contributed by atoms with Crippen LogP contribution in [0, 0.1) is 5.41 Å². The molecule has 27 heavy (non-hydrogen) atoms. The largest absolute Gasteiger partial charge is 0.497 e. The van der Waals surface area contributed by atoms with E-state index in [9.17, 15) is 4.79 Å². The van der Waals surface area contributed by atoms with Gasteiger partial charge in [0.25, 0.3) is 0 Å². The van der Waals surface area contributed by atoms with Crippen molar-refractivity contribution >= 4 is 17.2 Å². The molecule has 2 fully saturated rings. The zero-order valence-electron chi connectivity index (χ0n) is 16.0. The van der Waals surface area contributed by atoms with Crippen LogP contribution in [0.15, 0.2) is 41.1 Å². The van der Waals surface area contributed by atoms with Crippen LogP contribution in [0.4, 0.5) is 0 Å². The molecular formula is C22H28N2O2S. The van der Waals surface area contributed by atoms with Crippen molar-refractivity contribution in [1.29, 1.82) is 0 Å². The lowest BCUT2D eigenvalue weighted by atomic mass is 9.79. The van der Waals surface area contributed by atoms with Crippen LogP contribution < -0.4 is 4.74 Å². The van der Waals surface area contributed by atoms with Crippen LogP contribution in [0.1, 0.15) is 30.4 Å². The Balaban J connectivity index is 1.36. The molecule has 3 heterocycles. The number of hydrogen-bond donors (Lipinski definition) is 0. The van der Waals surface area contributed by atoms with Crippen molar-refractivity contribution < 1.29 is 9.53 Å². The van der Waals surface area contributed by atoms with E-state index in [0.717, 1.165) is 50.5 Å². The minimum Gasteiger partial charge on any atom is -0.497 e. The number of piperidine rings is 1. The number of rotatable bonds is 5. The molecule has 1 amide bonds. The van der Waals surface area contributed by atoms with Crippen LogP contribution in [0.25, 0.3) is 0 Å². The van der Waals surface area contributed by atoms with Gasteiger partial charge < -0.3 is 9.64 Å². The molecule has 1 atom stereocenters. The van der Waals surface area contributed by atoms with Gasteiger partial charge in [0.2, 0.25) is 5.91 Å². The van der Waals surface area contributed by atoms with Gasteiger partial charge in [-0.05, 0) is 65.9 Å². The number of ether oxygens (including phenoxy) is 1. The summed E-state index contributed by atoms with van der Waals surface area (Å²) in [6, 6.07) is 10.4. The van der Waals surface area contributed by atoms with Crippen molar-refractivity contribution in [2.24, 2.45) is 5.41 Å². The summed E-state index contributed by atoms with van der Waals surface area (Å²) in [5.74, 6) is 1.21. The first-order valence-corrected chi connectivity index (χ1v) is 10.7. The number of likely N-dealkylation sites (tertiary alicyclic amines) is 2. The van der Waals surface area contributed by atoms with E-state index < -0.39 is 0 Å². The molecule has 4 rings (SSSR count).